The molecule has 1 unspecified atom stereocenters. The van der Waals surface area contributed by atoms with Crippen LogP contribution in [-0.2, 0) is 7.05 Å². The molecule has 1 heterocycles. The number of aliphatic hydroxyl groups is 2. The average molecular weight is 182 g/mol. The van der Waals surface area contributed by atoms with Crippen molar-refractivity contribution in [2.75, 3.05) is 6.61 Å². The topological polar surface area (TPSA) is 58.3 Å². The Hall–Kier alpha value is -0.870. The van der Waals surface area contributed by atoms with Crippen LogP contribution in [0.15, 0.2) is 6.07 Å². The lowest BCUT2D eigenvalue weighted by atomic mass is 10.2. The minimum Gasteiger partial charge on any atom is -0.393 e. The number of hydrogen-bond acceptors (Lipinski definition) is 3. The average Bonchev–Trinajstić information content (AvgIpc) is 2.89. The zero-order valence-electron chi connectivity index (χ0n) is 7.64. The van der Waals surface area contributed by atoms with E-state index < -0.39 is 6.10 Å². The van der Waals surface area contributed by atoms with Crippen molar-refractivity contribution in [3.8, 4) is 0 Å². The number of aryl methyl sites for hydroxylation is 1. The van der Waals surface area contributed by atoms with E-state index in [0.717, 1.165) is 5.69 Å². The first-order chi connectivity index (χ1) is 6.22. The molecule has 0 spiro atoms. The van der Waals surface area contributed by atoms with Crippen molar-refractivity contribution in [1.82, 2.24) is 9.78 Å². The van der Waals surface area contributed by atoms with Gasteiger partial charge >= 0.3 is 0 Å². The van der Waals surface area contributed by atoms with Crippen LogP contribution >= 0.6 is 0 Å². The molecule has 1 aromatic rings. The summed E-state index contributed by atoms with van der Waals surface area (Å²) in [4.78, 5) is 0. The highest BCUT2D eigenvalue weighted by molar-refractivity contribution is 5.19. The third kappa shape index (κ3) is 1.59. The highest BCUT2D eigenvalue weighted by atomic mass is 16.3. The predicted octanol–water partition coefficient (Wildman–Crippen LogP) is 0.323. The zero-order chi connectivity index (χ0) is 9.42. The Morgan fingerprint density at radius 2 is 2.38 bits per heavy atom. The molecular weight excluding hydrogens is 168 g/mol. The van der Waals surface area contributed by atoms with E-state index in [4.69, 9.17) is 5.11 Å². The second-order valence-corrected chi connectivity index (χ2v) is 3.59. The summed E-state index contributed by atoms with van der Waals surface area (Å²) in [6.07, 6.45) is 1.60. The van der Waals surface area contributed by atoms with Gasteiger partial charge in [-0.15, -0.1) is 0 Å². The van der Waals surface area contributed by atoms with Gasteiger partial charge in [0.15, 0.2) is 0 Å². The minimum atomic E-state index is -0.801. The Morgan fingerprint density at radius 3 is 2.92 bits per heavy atom. The normalized spacial score (nSPS) is 19.0. The summed E-state index contributed by atoms with van der Waals surface area (Å²) >= 11 is 0. The van der Waals surface area contributed by atoms with Gasteiger partial charge in [0.1, 0.15) is 6.10 Å². The van der Waals surface area contributed by atoms with Gasteiger partial charge in [0.2, 0.25) is 0 Å². The van der Waals surface area contributed by atoms with E-state index in [9.17, 15) is 5.11 Å². The van der Waals surface area contributed by atoms with Crippen LogP contribution in [0.2, 0.25) is 0 Å². The molecule has 1 fully saturated rings. The summed E-state index contributed by atoms with van der Waals surface area (Å²) in [5.41, 5.74) is 1.74. The number of aromatic nitrogens is 2. The van der Waals surface area contributed by atoms with E-state index >= 15 is 0 Å². The van der Waals surface area contributed by atoms with Gasteiger partial charge < -0.3 is 10.2 Å². The van der Waals surface area contributed by atoms with Gasteiger partial charge in [-0.25, -0.2) is 0 Å². The molecule has 1 aliphatic carbocycles. The Balaban J connectivity index is 2.24. The lowest BCUT2D eigenvalue weighted by molar-refractivity contribution is 0.0891. The second-order valence-electron chi connectivity index (χ2n) is 3.59. The Labute approximate surface area is 76.8 Å². The van der Waals surface area contributed by atoms with Gasteiger partial charge in [0.25, 0.3) is 0 Å². The first kappa shape index (κ1) is 8.72. The summed E-state index contributed by atoms with van der Waals surface area (Å²) in [6, 6.07) is 1.89. The molecule has 2 N–H and O–H groups in total. The molecule has 1 aliphatic rings. The number of hydrogen-bond donors (Lipinski definition) is 2. The minimum absolute atomic E-state index is 0.246. The van der Waals surface area contributed by atoms with E-state index in [0.29, 0.717) is 11.6 Å². The van der Waals surface area contributed by atoms with Gasteiger partial charge in [-0.2, -0.15) is 5.10 Å². The smallest absolute Gasteiger partial charge is 0.119 e. The molecule has 0 amide bonds. The van der Waals surface area contributed by atoms with Crippen LogP contribution in [0.5, 0.6) is 0 Å². The first-order valence-corrected chi connectivity index (χ1v) is 4.55. The van der Waals surface area contributed by atoms with Crippen LogP contribution in [0.25, 0.3) is 0 Å². The fraction of sp³-hybridized carbons (Fsp3) is 0.667. The molecule has 13 heavy (non-hydrogen) atoms. The molecule has 4 heteroatoms. The maximum Gasteiger partial charge on any atom is 0.119 e. The lowest BCUT2D eigenvalue weighted by Crippen LogP contribution is -2.08. The molecule has 4 nitrogen and oxygen atoms in total. The van der Waals surface area contributed by atoms with Crippen LogP contribution in [0.3, 0.4) is 0 Å². The quantitative estimate of drug-likeness (QED) is 0.708. The van der Waals surface area contributed by atoms with Crippen molar-refractivity contribution in [1.29, 1.82) is 0 Å². The Bertz CT molecular complexity index is 305. The van der Waals surface area contributed by atoms with Crippen LogP contribution in [0, 0.1) is 0 Å². The van der Waals surface area contributed by atoms with Crippen LogP contribution < -0.4 is 0 Å². The molecule has 0 aromatic carbocycles. The molecular formula is C9H14N2O2. The standard InChI is InChI=1S/C9H14N2O2/c1-11-8(9(13)5-12)4-7(10-11)6-2-3-6/h4,6,9,12-13H,2-3,5H2,1H3. The molecule has 2 rings (SSSR count). The van der Waals surface area contributed by atoms with Crippen LogP contribution in [0.1, 0.15) is 36.3 Å². The van der Waals surface area contributed by atoms with Crippen LogP contribution in [-0.4, -0.2) is 26.6 Å². The Morgan fingerprint density at radius 1 is 1.69 bits per heavy atom. The van der Waals surface area contributed by atoms with Gasteiger partial charge in [-0.05, 0) is 18.9 Å². The monoisotopic (exact) mass is 182 g/mol. The number of nitrogens with zero attached hydrogens (tertiary/aromatic N) is 2. The first-order valence-electron chi connectivity index (χ1n) is 4.55. The van der Waals surface area contributed by atoms with Gasteiger partial charge in [-0.3, -0.25) is 4.68 Å². The summed E-state index contributed by atoms with van der Waals surface area (Å²) < 4.78 is 1.65. The second kappa shape index (κ2) is 3.12. The molecule has 1 saturated carbocycles. The molecule has 0 radical (unpaired) electrons. The van der Waals surface area contributed by atoms with Crippen molar-refractivity contribution in [3.05, 3.63) is 17.5 Å². The molecule has 0 aliphatic heterocycles. The van der Waals surface area contributed by atoms with E-state index in [2.05, 4.69) is 5.10 Å². The molecule has 0 saturated heterocycles. The van der Waals surface area contributed by atoms with E-state index in [1.54, 1.807) is 11.7 Å². The third-order valence-electron chi connectivity index (χ3n) is 2.44. The van der Waals surface area contributed by atoms with Crippen molar-refractivity contribution < 1.29 is 10.2 Å². The fourth-order valence-corrected chi connectivity index (χ4v) is 1.49. The SMILES string of the molecule is Cn1nc(C2CC2)cc1C(O)CO. The lowest BCUT2D eigenvalue weighted by Gasteiger charge is -2.05. The number of rotatable bonds is 3. The molecule has 1 atom stereocenters. The molecule has 72 valence electrons. The number of aliphatic hydroxyl groups excluding tert-OH is 2. The highest BCUT2D eigenvalue weighted by Gasteiger charge is 2.27. The highest BCUT2D eigenvalue weighted by Crippen LogP contribution is 2.39. The molecule has 0 bridgehead atoms. The largest absolute Gasteiger partial charge is 0.393 e. The van der Waals surface area contributed by atoms with Crippen molar-refractivity contribution >= 4 is 0 Å². The summed E-state index contributed by atoms with van der Waals surface area (Å²) in [6.45, 7) is -0.246. The van der Waals surface area contributed by atoms with Gasteiger partial charge in [0.05, 0.1) is 18.0 Å². The zero-order valence-corrected chi connectivity index (χ0v) is 7.64. The Kier molecular flexibility index (Phi) is 2.09. The maximum absolute atomic E-state index is 9.41. The summed E-state index contributed by atoms with van der Waals surface area (Å²) in [5.74, 6) is 0.589. The van der Waals surface area contributed by atoms with Gasteiger partial charge in [0, 0.05) is 13.0 Å². The van der Waals surface area contributed by atoms with E-state index in [-0.39, 0.29) is 6.61 Å². The van der Waals surface area contributed by atoms with Crippen LogP contribution in [0.4, 0.5) is 0 Å². The van der Waals surface area contributed by atoms with E-state index in [1.807, 2.05) is 6.07 Å². The van der Waals surface area contributed by atoms with Gasteiger partial charge in [-0.1, -0.05) is 0 Å². The maximum atomic E-state index is 9.41. The summed E-state index contributed by atoms with van der Waals surface area (Å²) in [5, 5.41) is 22.5. The van der Waals surface area contributed by atoms with Crippen molar-refractivity contribution in [2.45, 2.75) is 24.9 Å². The van der Waals surface area contributed by atoms with Crippen molar-refractivity contribution in [2.24, 2.45) is 7.05 Å². The molecule has 1 aromatic heterocycles. The summed E-state index contributed by atoms with van der Waals surface area (Å²) in [7, 11) is 1.79. The fourth-order valence-electron chi connectivity index (χ4n) is 1.49. The third-order valence-corrected chi connectivity index (χ3v) is 2.44. The predicted molar refractivity (Wildman–Crippen MR) is 47.2 cm³/mol. The van der Waals surface area contributed by atoms with Crippen molar-refractivity contribution in [3.63, 3.8) is 0 Å². The van der Waals surface area contributed by atoms with E-state index in [1.165, 1.54) is 12.8 Å².